The van der Waals surface area contributed by atoms with Crippen LogP contribution in [0.5, 0.6) is 5.75 Å². The Hall–Kier alpha value is -1.75. The first-order valence-electron chi connectivity index (χ1n) is 6.22. The first-order valence-corrected chi connectivity index (χ1v) is 6.60. The Bertz CT molecular complexity index is 502. The van der Waals surface area contributed by atoms with Crippen LogP contribution in [0.4, 0.5) is 0 Å². The lowest BCUT2D eigenvalue weighted by Crippen LogP contribution is -2.46. The van der Waals surface area contributed by atoms with E-state index in [9.17, 15) is 9.59 Å². The van der Waals surface area contributed by atoms with E-state index in [1.54, 1.807) is 32.0 Å². The van der Waals surface area contributed by atoms with Gasteiger partial charge in [-0.25, -0.2) is 4.79 Å². The molecule has 1 amide bonds. The standard InChI is InChI=1S/C14H18ClNO4/c1-8(2)13(14(18)19)16-12(17)7-20-10-4-5-11(15)9(3)6-10/h4-6,8,13H,7H2,1-3H3,(H,16,17)(H,18,19)/t13-/m1/s1. The molecule has 0 spiro atoms. The summed E-state index contributed by atoms with van der Waals surface area (Å²) in [7, 11) is 0. The van der Waals surface area contributed by atoms with Crippen molar-refractivity contribution >= 4 is 23.5 Å². The van der Waals surface area contributed by atoms with Crippen molar-refractivity contribution in [3.05, 3.63) is 28.8 Å². The van der Waals surface area contributed by atoms with Crippen molar-refractivity contribution in [2.24, 2.45) is 5.92 Å². The number of rotatable bonds is 6. The average molecular weight is 300 g/mol. The van der Waals surface area contributed by atoms with Crippen molar-refractivity contribution in [2.45, 2.75) is 26.8 Å². The fraction of sp³-hybridized carbons (Fsp3) is 0.429. The summed E-state index contributed by atoms with van der Waals surface area (Å²) in [6, 6.07) is 4.13. The highest BCUT2D eigenvalue weighted by Crippen LogP contribution is 2.20. The number of aliphatic carboxylic acids is 1. The van der Waals surface area contributed by atoms with Crippen LogP contribution < -0.4 is 10.1 Å². The summed E-state index contributed by atoms with van der Waals surface area (Å²) in [4.78, 5) is 22.6. The predicted octanol–water partition coefficient (Wildman–Crippen LogP) is 2.25. The molecule has 1 atom stereocenters. The SMILES string of the molecule is Cc1cc(OCC(=O)N[C@@H](C(=O)O)C(C)C)ccc1Cl. The average Bonchev–Trinajstić information content (AvgIpc) is 2.36. The van der Waals surface area contributed by atoms with E-state index in [4.69, 9.17) is 21.4 Å². The molecule has 1 rings (SSSR count). The molecule has 0 aliphatic rings. The lowest BCUT2D eigenvalue weighted by molar-refractivity contribution is -0.143. The van der Waals surface area contributed by atoms with Gasteiger partial charge in [0.2, 0.25) is 0 Å². The van der Waals surface area contributed by atoms with Crippen LogP contribution in [0.15, 0.2) is 18.2 Å². The number of amides is 1. The van der Waals surface area contributed by atoms with Crippen LogP contribution >= 0.6 is 11.6 Å². The zero-order valence-corrected chi connectivity index (χ0v) is 12.4. The molecule has 0 aliphatic carbocycles. The summed E-state index contributed by atoms with van der Waals surface area (Å²) in [5.41, 5.74) is 0.843. The largest absolute Gasteiger partial charge is 0.484 e. The summed E-state index contributed by atoms with van der Waals surface area (Å²) in [5, 5.41) is 12.0. The number of benzene rings is 1. The highest BCUT2D eigenvalue weighted by atomic mass is 35.5. The van der Waals surface area contributed by atoms with Crippen LogP contribution in [0.2, 0.25) is 5.02 Å². The van der Waals surface area contributed by atoms with Crippen molar-refractivity contribution < 1.29 is 19.4 Å². The second kappa shape index (κ2) is 7.14. The number of carboxylic acids is 1. The minimum Gasteiger partial charge on any atom is -0.484 e. The number of hydrogen-bond donors (Lipinski definition) is 2. The summed E-state index contributed by atoms with van der Waals surface area (Å²) in [6.45, 7) is 5.04. The molecule has 0 saturated carbocycles. The summed E-state index contributed by atoms with van der Waals surface area (Å²) in [6.07, 6.45) is 0. The van der Waals surface area contributed by atoms with Gasteiger partial charge in [-0.3, -0.25) is 4.79 Å². The van der Waals surface area contributed by atoms with E-state index in [0.29, 0.717) is 10.8 Å². The number of hydrogen-bond acceptors (Lipinski definition) is 3. The fourth-order valence-electron chi connectivity index (χ4n) is 1.58. The predicted molar refractivity (Wildman–Crippen MR) is 76.1 cm³/mol. The van der Waals surface area contributed by atoms with E-state index in [1.165, 1.54) is 0 Å². The molecular weight excluding hydrogens is 282 g/mol. The van der Waals surface area contributed by atoms with Gasteiger partial charge in [0.15, 0.2) is 6.61 Å². The second-order valence-electron chi connectivity index (χ2n) is 4.83. The zero-order valence-electron chi connectivity index (χ0n) is 11.6. The summed E-state index contributed by atoms with van der Waals surface area (Å²) in [5.74, 6) is -1.22. The van der Waals surface area contributed by atoms with Crippen LogP contribution in [-0.4, -0.2) is 29.6 Å². The Kier molecular flexibility index (Phi) is 5.82. The molecule has 2 N–H and O–H groups in total. The lowest BCUT2D eigenvalue weighted by Gasteiger charge is -2.18. The van der Waals surface area contributed by atoms with E-state index < -0.39 is 17.9 Å². The van der Waals surface area contributed by atoms with Crippen LogP contribution in [0.25, 0.3) is 0 Å². The maximum Gasteiger partial charge on any atom is 0.326 e. The molecule has 0 radical (unpaired) electrons. The van der Waals surface area contributed by atoms with Gasteiger partial charge in [-0.2, -0.15) is 0 Å². The summed E-state index contributed by atoms with van der Waals surface area (Å²) >= 11 is 5.88. The van der Waals surface area contributed by atoms with Crippen LogP contribution in [0.3, 0.4) is 0 Å². The van der Waals surface area contributed by atoms with Crippen molar-refractivity contribution in [3.63, 3.8) is 0 Å². The molecule has 5 nitrogen and oxygen atoms in total. The molecule has 110 valence electrons. The Morgan fingerprint density at radius 2 is 2.05 bits per heavy atom. The number of carbonyl (C=O) groups is 2. The first-order chi connectivity index (χ1) is 9.31. The number of carbonyl (C=O) groups excluding carboxylic acids is 1. The molecule has 0 heterocycles. The molecule has 1 aromatic carbocycles. The third-order valence-corrected chi connectivity index (χ3v) is 3.17. The molecule has 0 aromatic heterocycles. The minimum atomic E-state index is -1.06. The number of halogens is 1. The van der Waals surface area contributed by atoms with Gasteiger partial charge in [-0.1, -0.05) is 25.4 Å². The number of nitrogens with one attached hydrogen (secondary N) is 1. The third-order valence-electron chi connectivity index (χ3n) is 2.75. The highest BCUT2D eigenvalue weighted by molar-refractivity contribution is 6.31. The van der Waals surface area contributed by atoms with E-state index in [-0.39, 0.29) is 12.5 Å². The van der Waals surface area contributed by atoms with Gasteiger partial charge in [0.05, 0.1) is 0 Å². The molecule has 20 heavy (non-hydrogen) atoms. The molecule has 0 saturated heterocycles. The van der Waals surface area contributed by atoms with Gasteiger partial charge in [0, 0.05) is 5.02 Å². The van der Waals surface area contributed by atoms with Crippen molar-refractivity contribution in [1.82, 2.24) is 5.32 Å². The first kappa shape index (κ1) is 16.3. The van der Waals surface area contributed by atoms with Gasteiger partial charge in [0.25, 0.3) is 5.91 Å². The summed E-state index contributed by atoms with van der Waals surface area (Å²) < 4.78 is 5.30. The van der Waals surface area contributed by atoms with Gasteiger partial charge < -0.3 is 15.2 Å². The smallest absolute Gasteiger partial charge is 0.326 e. The molecule has 6 heteroatoms. The molecular formula is C14H18ClNO4. The van der Waals surface area contributed by atoms with E-state index in [1.807, 2.05) is 6.92 Å². The van der Waals surface area contributed by atoms with Crippen LogP contribution in [-0.2, 0) is 9.59 Å². The van der Waals surface area contributed by atoms with Crippen molar-refractivity contribution in [3.8, 4) is 5.75 Å². The third kappa shape index (κ3) is 4.74. The number of carboxylic acid groups (broad SMARTS) is 1. The van der Waals surface area contributed by atoms with Gasteiger partial charge >= 0.3 is 5.97 Å². The second-order valence-corrected chi connectivity index (χ2v) is 5.23. The Labute approximate surface area is 122 Å². The van der Waals surface area contributed by atoms with Gasteiger partial charge in [0.1, 0.15) is 11.8 Å². The van der Waals surface area contributed by atoms with Gasteiger partial charge in [-0.15, -0.1) is 0 Å². The van der Waals surface area contributed by atoms with Gasteiger partial charge in [-0.05, 0) is 36.6 Å². The highest BCUT2D eigenvalue weighted by Gasteiger charge is 2.23. The fourth-order valence-corrected chi connectivity index (χ4v) is 1.70. The molecule has 0 unspecified atom stereocenters. The molecule has 1 aromatic rings. The number of aryl methyl sites for hydroxylation is 1. The Balaban J connectivity index is 2.54. The number of ether oxygens (including phenoxy) is 1. The van der Waals surface area contributed by atoms with Crippen molar-refractivity contribution in [1.29, 1.82) is 0 Å². The van der Waals surface area contributed by atoms with E-state index in [0.717, 1.165) is 5.56 Å². The lowest BCUT2D eigenvalue weighted by atomic mass is 10.1. The monoisotopic (exact) mass is 299 g/mol. The molecule has 0 aliphatic heterocycles. The topological polar surface area (TPSA) is 75.6 Å². The van der Waals surface area contributed by atoms with E-state index in [2.05, 4.69) is 5.32 Å². The molecule has 0 fully saturated rings. The Morgan fingerprint density at radius 1 is 1.40 bits per heavy atom. The normalized spacial score (nSPS) is 12.1. The quantitative estimate of drug-likeness (QED) is 0.845. The molecule has 0 bridgehead atoms. The zero-order chi connectivity index (χ0) is 15.3. The minimum absolute atomic E-state index is 0.200. The maximum absolute atomic E-state index is 11.7. The van der Waals surface area contributed by atoms with Crippen LogP contribution in [0, 0.1) is 12.8 Å². The van der Waals surface area contributed by atoms with Crippen LogP contribution in [0.1, 0.15) is 19.4 Å². The Morgan fingerprint density at radius 3 is 2.55 bits per heavy atom. The van der Waals surface area contributed by atoms with Crippen molar-refractivity contribution in [2.75, 3.05) is 6.61 Å². The van der Waals surface area contributed by atoms with E-state index >= 15 is 0 Å². The maximum atomic E-state index is 11.7.